The number of carbonyl (C=O) groups is 3. The van der Waals surface area contributed by atoms with Crippen molar-refractivity contribution in [1.82, 2.24) is 0 Å². The first-order valence-corrected chi connectivity index (χ1v) is 5.74. The molecule has 1 rings (SSSR count). The molecule has 0 saturated carbocycles. The van der Waals surface area contributed by atoms with Gasteiger partial charge in [-0.3, -0.25) is 4.79 Å². The van der Waals surface area contributed by atoms with Gasteiger partial charge in [0.25, 0.3) is 5.91 Å². The maximum Gasteiger partial charge on any atom is 0.345 e. The molecule has 0 aromatic heterocycles. The van der Waals surface area contributed by atoms with Crippen molar-refractivity contribution in [3.8, 4) is 0 Å². The molecule has 0 radical (unpaired) electrons. The summed E-state index contributed by atoms with van der Waals surface area (Å²) in [6.45, 7) is 2.98. The summed E-state index contributed by atoms with van der Waals surface area (Å²) >= 11 is 0. The molecular weight excluding hydrogens is 266 g/mol. The van der Waals surface area contributed by atoms with E-state index >= 15 is 0 Å². The summed E-state index contributed by atoms with van der Waals surface area (Å²) < 4.78 is 4.76. The Morgan fingerprint density at radius 1 is 1.20 bits per heavy atom. The Morgan fingerprint density at radius 2 is 1.75 bits per heavy atom. The van der Waals surface area contributed by atoms with Crippen molar-refractivity contribution in [2.24, 2.45) is 11.1 Å². The van der Waals surface area contributed by atoms with Crippen LogP contribution in [0.5, 0.6) is 0 Å². The van der Waals surface area contributed by atoms with E-state index < -0.39 is 29.9 Å². The van der Waals surface area contributed by atoms with Gasteiger partial charge in [0.05, 0.1) is 11.5 Å². The molecule has 0 heterocycles. The van der Waals surface area contributed by atoms with Gasteiger partial charge in [-0.25, -0.2) is 9.59 Å². The van der Waals surface area contributed by atoms with Gasteiger partial charge >= 0.3 is 11.9 Å². The van der Waals surface area contributed by atoms with E-state index in [-0.39, 0.29) is 5.56 Å². The number of carboxylic acid groups (broad SMARTS) is 1. The molecule has 0 saturated heterocycles. The first-order valence-electron chi connectivity index (χ1n) is 5.74. The number of aryl methyl sites for hydroxylation is 1. The highest BCUT2D eigenvalue weighted by atomic mass is 16.6. The lowest BCUT2D eigenvalue weighted by Gasteiger charge is -2.17. The van der Waals surface area contributed by atoms with Crippen LogP contribution in [0.4, 0.5) is 0 Å². The highest BCUT2D eigenvalue weighted by Gasteiger charge is 2.34. The van der Waals surface area contributed by atoms with Crippen molar-refractivity contribution >= 4 is 17.8 Å². The predicted octanol–water partition coefficient (Wildman–Crippen LogP) is 1.53. The number of carbonyl (C=O) groups excluding carboxylic acids is 2. The van der Waals surface area contributed by atoms with Gasteiger partial charge in [-0.05, 0) is 26.0 Å². The molecule has 7 heteroatoms. The molecule has 1 N–H and O–H groups in total. The van der Waals surface area contributed by atoms with Gasteiger partial charge in [0.1, 0.15) is 0 Å². The molecule has 0 aliphatic heterocycles. The van der Waals surface area contributed by atoms with E-state index in [0.717, 1.165) is 12.5 Å². The fraction of sp³-hybridized carbons (Fsp3) is 0.308. The zero-order chi connectivity index (χ0) is 15.3. The summed E-state index contributed by atoms with van der Waals surface area (Å²) in [4.78, 5) is 44.0. The topological polar surface area (TPSA) is 110 Å². The van der Waals surface area contributed by atoms with Crippen LogP contribution < -0.4 is 0 Å². The third kappa shape index (κ3) is 3.71. The number of amides is 1. The highest BCUT2D eigenvalue weighted by Crippen LogP contribution is 2.14. The Bertz CT molecular complexity index is 536. The molecule has 0 fully saturated rings. The van der Waals surface area contributed by atoms with E-state index in [9.17, 15) is 19.3 Å². The summed E-state index contributed by atoms with van der Waals surface area (Å²) in [5.41, 5.74) is 1.07. The number of esters is 1. The van der Waals surface area contributed by atoms with Gasteiger partial charge in [0, 0.05) is 5.18 Å². The molecule has 1 amide bonds. The summed E-state index contributed by atoms with van der Waals surface area (Å²) in [6, 6.07) is 6.27. The second kappa shape index (κ2) is 6.55. The molecule has 0 aliphatic rings. The first-order chi connectivity index (χ1) is 9.36. The van der Waals surface area contributed by atoms with Crippen LogP contribution >= 0.6 is 0 Å². The van der Waals surface area contributed by atoms with Gasteiger partial charge in [-0.1, -0.05) is 17.7 Å². The minimum absolute atomic E-state index is 0.153. The number of hydrogen-bond acceptors (Lipinski definition) is 5. The zero-order valence-electron chi connectivity index (χ0n) is 10.9. The number of nitrogens with zero attached hydrogens (tertiary/aromatic N) is 1. The lowest BCUT2D eigenvalue weighted by atomic mass is 10.0. The molecule has 0 aliphatic carbocycles. The van der Waals surface area contributed by atoms with E-state index in [1.807, 2.05) is 6.92 Å². The van der Waals surface area contributed by atoms with Gasteiger partial charge in [0.15, 0.2) is 0 Å². The van der Waals surface area contributed by atoms with Gasteiger partial charge < -0.3 is 9.84 Å². The Kier molecular flexibility index (Phi) is 5.08. The minimum Gasteiger partial charge on any atom is -0.478 e. The van der Waals surface area contributed by atoms with Crippen LogP contribution in [0.3, 0.4) is 0 Å². The second-order valence-electron chi connectivity index (χ2n) is 4.25. The maximum absolute atomic E-state index is 11.8. The lowest BCUT2D eigenvalue weighted by molar-refractivity contribution is -0.152. The molecule has 7 nitrogen and oxygen atoms in total. The number of aliphatic carboxylic acids is 1. The Balaban J connectivity index is 2.88. The van der Waals surface area contributed by atoms with E-state index in [1.165, 1.54) is 12.1 Å². The average Bonchev–Trinajstić information content (AvgIpc) is 2.43. The van der Waals surface area contributed by atoms with Crippen LogP contribution in [-0.4, -0.2) is 29.1 Å². The molecule has 2 atom stereocenters. The van der Waals surface area contributed by atoms with Gasteiger partial charge in [-0.2, -0.15) is 0 Å². The minimum atomic E-state index is -1.76. The van der Waals surface area contributed by atoms with E-state index in [1.54, 1.807) is 12.1 Å². The van der Waals surface area contributed by atoms with E-state index in [0.29, 0.717) is 0 Å². The Morgan fingerprint density at radius 3 is 2.20 bits per heavy atom. The highest BCUT2D eigenvalue weighted by molar-refractivity contribution is 5.93. The smallest absolute Gasteiger partial charge is 0.345 e. The maximum atomic E-state index is 11.8. The largest absolute Gasteiger partial charge is 0.478 e. The van der Waals surface area contributed by atoms with Crippen LogP contribution in [0.25, 0.3) is 0 Å². The van der Waals surface area contributed by atoms with Crippen LogP contribution in [0.2, 0.25) is 0 Å². The van der Waals surface area contributed by atoms with E-state index in [4.69, 9.17) is 9.84 Å². The number of nitroso groups, excluding NO2 is 1. The van der Waals surface area contributed by atoms with Crippen LogP contribution in [0, 0.1) is 17.7 Å². The number of hydrogen-bond donors (Lipinski definition) is 1. The predicted molar refractivity (Wildman–Crippen MR) is 68.0 cm³/mol. The Hall–Kier alpha value is -2.57. The third-order valence-electron chi connectivity index (χ3n) is 2.70. The van der Waals surface area contributed by atoms with Crippen LogP contribution in [0.1, 0.15) is 22.8 Å². The SMILES string of the molecule is Cc1ccc(C(=O)OC(C(=O)O)C(C)C(=O)N=O)cc1. The Labute approximate surface area is 114 Å². The standard InChI is InChI=1S/C13H13NO6/c1-7-3-5-9(6-4-7)13(18)20-10(12(16)17)8(2)11(15)14-19/h3-6,8,10H,1-2H3,(H,16,17). The molecule has 2 unspecified atom stereocenters. The number of benzene rings is 1. The van der Waals surface area contributed by atoms with Crippen molar-refractivity contribution < 1.29 is 24.2 Å². The summed E-state index contributed by atoms with van der Waals surface area (Å²) in [5.74, 6) is -4.94. The molecule has 0 spiro atoms. The average molecular weight is 279 g/mol. The monoisotopic (exact) mass is 279 g/mol. The molecule has 106 valence electrons. The quantitative estimate of drug-likeness (QED) is 0.646. The summed E-state index contributed by atoms with van der Waals surface area (Å²) in [7, 11) is 0. The fourth-order valence-electron chi connectivity index (χ4n) is 1.45. The van der Waals surface area contributed by atoms with Crippen molar-refractivity contribution in [1.29, 1.82) is 0 Å². The normalized spacial score (nSPS) is 13.1. The van der Waals surface area contributed by atoms with Crippen LogP contribution in [-0.2, 0) is 14.3 Å². The zero-order valence-corrected chi connectivity index (χ0v) is 10.9. The third-order valence-corrected chi connectivity index (χ3v) is 2.70. The first kappa shape index (κ1) is 15.5. The number of carboxylic acids is 1. The van der Waals surface area contributed by atoms with E-state index in [2.05, 4.69) is 5.18 Å². The van der Waals surface area contributed by atoms with Crippen molar-refractivity contribution in [3.63, 3.8) is 0 Å². The molecule has 1 aromatic rings. The number of rotatable bonds is 5. The summed E-state index contributed by atoms with van der Waals surface area (Å²) in [6.07, 6.45) is -1.76. The van der Waals surface area contributed by atoms with Crippen molar-refractivity contribution in [2.45, 2.75) is 20.0 Å². The second-order valence-corrected chi connectivity index (χ2v) is 4.25. The molecule has 20 heavy (non-hydrogen) atoms. The summed E-state index contributed by atoms with van der Waals surface area (Å²) in [5, 5.41) is 11.1. The fourth-order valence-corrected chi connectivity index (χ4v) is 1.45. The molecule has 0 bridgehead atoms. The van der Waals surface area contributed by atoms with Crippen molar-refractivity contribution in [3.05, 3.63) is 40.3 Å². The lowest BCUT2D eigenvalue weighted by Crippen LogP contribution is -2.36. The molecular formula is C13H13NO6. The van der Waals surface area contributed by atoms with Crippen molar-refractivity contribution in [2.75, 3.05) is 0 Å². The number of ether oxygens (including phenoxy) is 1. The molecule has 1 aromatic carbocycles. The van der Waals surface area contributed by atoms with Crippen LogP contribution in [0.15, 0.2) is 29.4 Å². The van der Waals surface area contributed by atoms with Gasteiger partial charge in [0.2, 0.25) is 6.10 Å². The van der Waals surface area contributed by atoms with Gasteiger partial charge in [-0.15, -0.1) is 4.91 Å².